The fourth-order valence-electron chi connectivity index (χ4n) is 4.45. The molecule has 0 unspecified atom stereocenters. The molecule has 0 spiro atoms. The zero-order valence-corrected chi connectivity index (χ0v) is 20.3. The van der Waals surface area contributed by atoms with Crippen LogP contribution in [0.5, 0.6) is 0 Å². The molecule has 174 valence electrons. The molecule has 1 saturated heterocycles. The number of piperidine rings is 1. The average Bonchev–Trinajstić information content (AvgIpc) is 3.33. The first-order valence-electron chi connectivity index (χ1n) is 11.6. The fraction of sp³-hybridized carbons (Fsp3) is 0.296. The molecule has 1 atom stereocenters. The number of aromatic nitrogens is 2. The number of amides is 1. The van der Waals surface area contributed by atoms with Crippen molar-refractivity contribution in [3.8, 4) is 0 Å². The monoisotopic (exact) mass is 472 g/mol. The van der Waals surface area contributed by atoms with Crippen molar-refractivity contribution in [1.82, 2.24) is 9.55 Å². The van der Waals surface area contributed by atoms with Gasteiger partial charge in [-0.2, -0.15) is 0 Å². The molecule has 6 nitrogen and oxygen atoms in total. The van der Waals surface area contributed by atoms with Gasteiger partial charge < -0.3 is 10.2 Å². The van der Waals surface area contributed by atoms with E-state index in [2.05, 4.69) is 41.4 Å². The van der Waals surface area contributed by atoms with Crippen LogP contribution < -0.4 is 15.8 Å². The van der Waals surface area contributed by atoms with Crippen molar-refractivity contribution in [3.05, 3.63) is 87.0 Å². The molecule has 2 aromatic heterocycles. The molecular formula is C27H28N4O2S. The highest BCUT2D eigenvalue weighted by Crippen LogP contribution is 2.26. The van der Waals surface area contributed by atoms with Crippen molar-refractivity contribution >= 4 is 39.1 Å². The van der Waals surface area contributed by atoms with Crippen LogP contribution in [-0.2, 0) is 11.3 Å². The predicted octanol–water partition coefficient (Wildman–Crippen LogP) is 4.98. The Morgan fingerprint density at radius 3 is 2.50 bits per heavy atom. The number of anilines is 2. The summed E-state index contributed by atoms with van der Waals surface area (Å²) in [5.74, 6) is 0.486. The zero-order chi connectivity index (χ0) is 23.7. The van der Waals surface area contributed by atoms with E-state index in [0.29, 0.717) is 23.7 Å². The Kier molecular flexibility index (Phi) is 6.20. The lowest BCUT2D eigenvalue weighted by molar-refractivity contribution is -0.120. The molecule has 0 aliphatic carbocycles. The summed E-state index contributed by atoms with van der Waals surface area (Å²) in [6, 6.07) is 18.0. The fourth-order valence-corrected chi connectivity index (χ4v) is 5.22. The van der Waals surface area contributed by atoms with Crippen LogP contribution in [0, 0.1) is 19.8 Å². The van der Waals surface area contributed by atoms with E-state index in [1.165, 1.54) is 16.9 Å². The van der Waals surface area contributed by atoms with Gasteiger partial charge in [-0.3, -0.25) is 14.2 Å². The number of rotatable bonds is 5. The molecular weight excluding hydrogens is 444 g/mol. The van der Waals surface area contributed by atoms with Gasteiger partial charge in [0.1, 0.15) is 4.70 Å². The Morgan fingerprint density at radius 2 is 1.76 bits per heavy atom. The first kappa shape index (κ1) is 22.3. The van der Waals surface area contributed by atoms with E-state index < -0.39 is 0 Å². The standard InChI is InChI=1S/C27H28N4O2S/c1-18-5-9-20(10-6-18)16-31-26(33)24-23(13-15-34-24)29-27(31)30-14-3-4-21(17-30)25(32)28-22-11-7-19(2)8-12-22/h5-13,15,21H,3-4,14,16-17H2,1-2H3,(H,28,32)/t21-/m0/s1. The van der Waals surface area contributed by atoms with Gasteiger partial charge in [0, 0.05) is 18.8 Å². The van der Waals surface area contributed by atoms with Crippen molar-refractivity contribution in [2.45, 2.75) is 33.2 Å². The Balaban J connectivity index is 1.44. The molecule has 1 N–H and O–H groups in total. The van der Waals surface area contributed by atoms with E-state index in [9.17, 15) is 9.59 Å². The number of nitrogens with one attached hydrogen (secondary N) is 1. The Morgan fingerprint density at radius 1 is 1.06 bits per heavy atom. The van der Waals surface area contributed by atoms with Crippen LogP contribution in [-0.4, -0.2) is 28.5 Å². The second kappa shape index (κ2) is 9.43. The summed E-state index contributed by atoms with van der Waals surface area (Å²) in [6.07, 6.45) is 1.69. The summed E-state index contributed by atoms with van der Waals surface area (Å²) in [7, 11) is 0. The maximum absolute atomic E-state index is 13.4. The van der Waals surface area contributed by atoms with Gasteiger partial charge in [0.05, 0.1) is 18.0 Å². The summed E-state index contributed by atoms with van der Waals surface area (Å²) < 4.78 is 2.44. The number of benzene rings is 2. The lowest BCUT2D eigenvalue weighted by atomic mass is 9.97. The molecule has 7 heteroatoms. The summed E-state index contributed by atoms with van der Waals surface area (Å²) in [5.41, 5.74) is 4.89. The summed E-state index contributed by atoms with van der Waals surface area (Å²) >= 11 is 1.43. The smallest absolute Gasteiger partial charge is 0.273 e. The van der Waals surface area contributed by atoms with Gasteiger partial charge >= 0.3 is 0 Å². The quantitative estimate of drug-likeness (QED) is 0.445. The third-order valence-electron chi connectivity index (χ3n) is 6.40. The third-order valence-corrected chi connectivity index (χ3v) is 7.29. The molecule has 5 rings (SSSR count). The lowest BCUT2D eigenvalue weighted by Gasteiger charge is -2.34. The summed E-state index contributed by atoms with van der Waals surface area (Å²) in [4.78, 5) is 33.5. The van der Waals surface area contributed by atoms with Crippen molar-refractivity contribution in [1.29, 1.82) is 0 Å². The molecule has 2 aromatic carbocycles. The van der Waals surface area contributed by atoms with Crippen LogP contribution >= 0.6 is 11.3 Å². The van der Waals surface area contributed by atoms with Crippen LogP contribution in [0.1, 0.15) is 29.5 Å². The first-order valence-corrected chi connectivity index (χ1v) is 12.5. The molecule has 1 amide bonds. The van der Waals surface area contributed by atoms with Crippen LogP contribution in [0.15, 0.2) is 64.8 Å². The van der Waals surface area contributed by atoms with Gasteiger partial charge in [-0.15, -0.1) is 11.3 Å². The highest BCUT2D eigenvalue weighted by atomic mass is 32.1. The SMILES string of the molecule is Cc1ccc(Cn2c(N3CCC[C@H](C(=O)Nc4ccc(C)cc4)C3)nc3ccsc3c2=O)cc1. The second-order valence-electron chi connectivity index (χ2n) is 9.06. The average molecular weight is 473 g/mol. The summed E-state index contributed by atoms with van der Waals surface area (Å²) in [6.45, 7) is 5.83. The highest BCUT2D eigenvalue weighted by Gasteiger charge is 2.29. The van der Waals surface area contributed by atoms with E-state index in [-0.39, 0.29) is 17.4 Å². The van der Waals surface area contributed by atoms with Crippen LogP contribution in [0.4, 0.5) is 11.6 Å². The van der Waals surface area contributed by atoms with Crippen molar-refractivity contribution < 1.29 is 4.79 Å². The number of hydrogen-bond acceptors (Lipinski definition) is 5. The van der Waals surface area contributed by atoms with Gasteiger partial charge in [0.2, 0.25) is 11.9 Å². The van der Waals surface area contributed by atoms with E-state index in [0.717, 1.165) is 41.7 Å². The van der Waals surface area contributed by atoms with Gasteiger partial charge in [-0.25, -0.2) is 4.98 Å². The second-order valence-corrected chi connectivity index (χ2v) is 9.98. The zero-order valence-electron chi connectivity index (χ0n) is 19.5. The maximum atomic E-state index is 13.4. The predicted molar refractivity (Wildman–Crippen MR) is 139 cm³/mol. The molecule has 0 saturated carbocycles. The minimum Gasteiger partial charge on any atom is -0.341 e. The molecule has 4 aromatic rings. The Hall–Kier alpha value is -3.45. The minimum atomic E-state index is -0.169. The lowest BCUT2D eigenvalue weighted by Crippen LogP contribution is -2.43. The number of carbonyl (C=O) groups is 1. The number of carbonyl (C=O) groups excluding carboxylic acids is 1. The van der Waals surface area contributed by atoms with E-state index >= 15 is 0 Å². The van der Waals surface area contributed by atoms with Crippen molar-refractivity contribution in [3.63, 3.8) is 0 Å². The number of nitrogens with zero attached hydrogens (tertiary/aromatic N) is 3. The van der Waals surface area contributed by atoms with Crippen LogP contribution in [0.2, 0.25) is 0 Å². The highest BCUT2D eigenvalue weighted by molar-refractivity contribution is 7.17. The number of fused-ring (bicyclic) bond motifs is 1. The molecule has 1 fully saturated rings. The molecule has 1 aliphatic heterocycles. The van der Waals surface area contributed by atoms with Crippen LogP contribution in [0.3, 0.4) is 0 Å². The topological polar surface area (TPSA) is 67.2 Å². The van der Waals surface area contributed by atoms with Crippen LogP contribution in [0.25, 0.3) is 10.2 Å². The van der Waals surface area contributed by atoms with Gasteiger partial charge in [-0.05, 0) is 55.8 Å². The maximum Gasteiger partial charge on any atom is 0.273 e. The molecule has 34 heavy (non-hydrogen) atoms. The summed E-state index contributed by atoms with van der Waals surface area (Å²) in [5, 5.41) is 4.96. The third kappa shape index (κ3) is 4.61. The number of thiophene rings is 1. The largest absolute Gasteiger partial charge is 0.341 e. The first-order chi connectivity index (χ1) is 16.5. The van der Waals surface area contributed by atoms with Gasteiger partial charge in [-0.1, -0.05) is 47.5 Å². The molecule has 0 bridgehead atoms. The molecule has 0 radical (unpaired) electrons. The number of aryl methyl sites for hydroxylation is 2. The minimum absolute atomic E-state index is 0.0117. The van der Waals surface area contributed by atoms with Crippen molar-refractivity contribution in [2.24, 2.45) is 5.92 Å². The normalized spacial score (nSPS) is 16.1. The molecule has 1 aliphatic rings. The van der Waals surface area contributed by atoms with Gasteiger partial charge in [0.15, 0.2) is 0 Å². The molecule has 3 heterocycles. The van der Waals surface area contributed by atoms with E-state index in [1.807, 2.05) is 42.6 Å². The number of hydrogen-bond donors (Lipinski definition) is 1. The Labute approximate surface area is 202 Å². The Bertz CT molecular complexity index is 1370. The van der Waals surface area contributed by atoms with Gasteiger partial charge in [0.25, 0.3) is 5.56 Å². The van der Waals surface area contributed by atoms with E-state index in [1.54, 1.807) is 4.57 Å². The van der Waals surface area contributed by atoms with E-state index in [4.69, 9.17) is 4.98 Å². The van der Waals surface area contributed by atoms with Crippen molar-refractivity contribution in [2.75, 3.05) is 23.3 Å².